The van der Waals surface area contributed by atoms with Crippen molar-refractivity contribution in [3.8, 4) is 0 Å². The SMILES string of the molecule is Cc1cnc(C(=O)NC(C)c2nc3ccccc3[nH]2)cn1. The Bertz CT molecular complexity index is 745. The number of nitrogens with one attached hydrogen (secondary N) is 2. The lowest BCUT2D eigenvalue weighted by molar-refractivity contribution is 0.0933. The van der Waals surface area contributed by atoms with Gasteiger partial charge in [-0.3, -0.25) is 9.78 Å². The largest absolute Gasteiger partial charge is 0.341 e. The second-order valence-electron chi connectivity index (χ2n) is 4.88. The number of benzene rings is 1. The number of nitrogens with zero attached hydrogens (tertiary/aromatic N) is 3. The zero-order valence-electron chi connectivity index (χ0n) is 11.8. The predicted octanol–water partition coefficient (Wildman–Crippen LogP) is 2.15. The molecule has 0 fully saturated rings. The molecule has 0 saturated heterocycles. The molecule has 2 aromatic heterocycles. The van der Waals surface area contributed by atoms with E-state index < -0.39 is 0 Å². The van der Waals surface area contributed by atoms with E-state index in [0.717, 1.165) is 16.7 Å². The van der Waals surface area contributed by atoms with Gasteiger partial charge in [0.2, 0.25) is 0 Å². The standard InChI is InChI=1S/C15H15N5O/c1-9-7-17-13(8-16-9)15(21)18-10(2)14-19-11-5-3-4-6-12(11)20-14/h3-8,10H,1-2H3,(H,18,21)(H,19,20). The summed E-state index contributed by atoms with van der Waals surface area (Å²) in [7, 11) is 0. The maximum Gasteiger partial charge on any atom is 0.272 e. The van der Waals surface area contributed by atoms with Gasteiger partial charge in [-0.15, -0.1) is 0 Å². The van der Waals surface area contributed by atoms with E-state index >= 15 is 0 Å². The Hall–Kier alpha value is -2.76. The molecule has 2 N–H and O–H groups in total. The number of imidazole rings is 1. The van der Waals surface area contributed by atoms with E-state index in [2.05, 4.69) is 25.3 Å². The van der Waals surface area contributed by atoms with E-state index in [-0.39, 0.29) is 11.9 Å². The van der Waals surface area contributed by atoms with Crippen LogP contribution in [0.2, 0.25) is 0 Å². The third-order valence-electron chi connectivity index (χ3n) is 3.18. The van der Waals surface area contributed by atoms with Crippen molar-refractivity contribution >= 4 is 16.9 Å². The molecule has 1 unspecified atom stereocenters. The molecule has 0 aliphatic rings. The van der Waals surface area contributed by atoms with E-state index in [9.17, 15) is 4.79 Å². The molecule has 21 heavy (non-hydrogen) atoms. The predicted molar refractivity (Wildman–Crippen MR) is 78.7 cm³/mol. The van der Waals surface area contributed by atoms with Crippen molar-refractivity contribution in [2.45, 2.75) is 19.9 Å². The van der Waals surface area contributed by atoms with Gasteiger partial charge in [0, 0.05) is 6.20 Å². The van der Waals surface area contributed by atoms with Gasteiger partial charge in [-0.1, -0.05) is 12.1 Å². The van der Waals surface area contributed by atoms with Gasteiger partial charge in [0.1, 0.15) is 11.5 Å². The normalized spacial score (nSPS) is 12.3. The minimum Gasteiger partial charge on any atom is -0.341 e. The number of fused-ring (bicyclic) bond motifs is 1. The lowest BCUT2D eigenvalue weighted by atomic mass is 10.3. The average Bonchev–Trinajstić information content (AvgIpc) is 2.92. The number of hydrogen-bond acceptors (Lipinski definition) is 4. The highest BCUT2D eigenvalue weighted by Crippen LogP contribution is 2.15. The Morgan fingerprint density at radius 1 is 1.24 bits per heavy atom. The van der Waals surface area contributed by atoms with Crippen molar-refractivity contribution in [1.29, 1.82) is 0 Å². The van der Waals surface area contributed by atoms with Crippen LogP contribution < -0.4 is 5.32 Å². The monoisotopic (exact) mass is 281 g/mol. The van der Waals surface area contributed by atoms with Gasteiger partial charge in [0.15, 0.2) is 0 Å². The number of H-pyrrole nitrogens is 1. The summed E-state index contributed by atoms with van der Waals surface area (Å²) in [5.74, 6) is 0.445. The molecule has 0 spiro atoms. The molecular formula is C15H15N5O. The van der Waals surface area contributed by atoms with Crippen molar-refractivity contribution in [3.05, 3.63) is 53.9 Å². The summed E-state index contributed by atoms with van der Waals surface area (Å²) < 4.78 is 0. The zero-order chi connectivity index (χ0) is 14.8. The summed E-state index contributed by atoms with van der Waals surface area (Å²) in [5, 5.41) is 2.86. The van der Waals surface area contributed by atoms with Crippen molar-refractivity contribution in [1.82, 2.24) is 25.3 Å². The van der Waals surface area contributed by atoms with Gasteiger partial charge in [0.25, 0.3) is 5.91 Å². The van der Waals surface area contributed by atoms with Crippen molar-refractivity contribution in [2.24, 2.45) is 0 Å². The molecule has 1 amide bonds. The highest BCUT2D eigenvalue weighted by molar-refractivity contribution is 5.92. The maximum absolute atomic E-state index is 12.1. The van der Waals surface area contributed by atoms with Crippen LogP contribution >= 0.6 is 0 Å². The molecule has 6 nitrogen and oxygen atoms in total. The topological polar surface area (TPSA) is 83.6 Å². The van der Waals surface area contributed by atoms with Gasteiger partial charge >= 0.3 is 0 Å². The lowest BCUT2D eigenvalue weighted by Gasteiger charge is -2.10. The summed E-state index contributed by atoms with van der Waals surface area (Å²) in [5.41, 5.74) is 2.90. The highest BCUT2D eigenvalue weighted by Gasteiger charge is 2.15. The average molecular weight is 281 g/mol. The molecule has 3 rings (SSSR count). The molecule has 0 bridgehead atoms. The summed E-state index contributed by atoms with van der Waals surface area (Å²) >= 11 is 0. The minimum atomic E-state index is -0.268. The fraction of sp³-hybridized carbons (Fsp3) is 0.200. The molecule has 0 radical (unpaired) electrons. The van der Waals surface area contributed by atoms with Crippen molar-refractivity contribution < 1.29 is 4.79 Å². The Balaban J connectivity index is 1.77. The summed E-state index contributed by atoms with van der Waals surface area (Å²) in [6.45, 7) is 3.70. The van der Waals surface area contributed by atoms with Gasteiger partial charge < -0.3 is 10.3 Å². The summed E-state index contributed by atoms with van der Waals surface area (Å²) in [6, 6.07) is 7.50. The first-order valence-electron chi connectivity index (χ1n) is 6.67. The van der Waals surface area contributed by atoms with Gasteiger partial charge in [-0.25, -0.2) is 9.97 Å². The van der Waals surface area contributed by atoms with Crippen LogP contribution in [0.25, 0.3) is 11.0 Å². The Morgan fingerprint density at radius 2 is 2.05 bits per heavy atom. The van der Waals surface area contributed by atoms with Crippen LogP contribution in [0.4, 0.5) is 0 Å². The lowest BCUT2D eigenvalue weighted by Crippen LogP contribution is -2.28. The second-order valence-corrected chi connectivity index (χ2v) is 4.88. The molecular weight excluding hydrogens is 266 g/mol. The molecule has 6 heteroatoms. The Kier molecular flexibility index (Phi) is 3.35. The third-order valence-corrected chi connectivity index (χ3v) is 3.18. The number of carbonyl (C=O) groups excluding carboxylic acids is 1. The number of aryl methyl sites for hydroxylation is 1. The van der Waals surface area contributed by atoms with Crippen LogP contribution in [0.1, 0.15) is 35.0 Å². The van der Waals surface area contributed by atoms with Crippen molar-refractivity contribution in [2.75, 3.05) is 0 Å². The molecule has 0 aliphatic heterocycles. The third kappa shape index (κ3) is 2.74. The maximum atomic E-state index is 12.1. The van der Waals surface area contributed by atoms with Crippen LogP contribution in [0.5, 0.6) is 0 Å². The van der Waals surface area contributed by atoms with E-state index in [1.54, 1.807) is 6.20 Å². The van der Waals surface area contributed by atoms with Crippen LogP contribution in [-0.4, -0.2) is 25.8 Å². The number of carbonyl (C=O) groups is 1. The molecule has 3 aromatic rings. The molecule has 1 aromatic carbocycles. The van der Waals surface area contributed by atoms with Crippen LogP contribution in [0, 0.1) is 6.92 Å². The van der Waals surface area contributed by atoms with E-state index in [0.29, 0.717) is 11.5 Å². The first-order chi connectivity index (χ1) is 10.1. The van der Waals surface area contributed by atoms with Crippen LogP contribution in [0.3, 0.4) is 0 Å². The van der Waals surface area contributed by atoms with Gasteiger partial charge in [-0.2, -0.15) is 0 Å². The highest BCUT2D eigenvalue weighted by atomic mass is 16.1. The smallest absolute Gasteiger partial charge is 0.272 e. The van der Waals surface area contributed by atoms with Crippen molar-refractivity contribution in [3.63, 3.8) is 0 Å². The number of amides is 1. The first-order valence-corrected chi connectivity index (χ1v) is 6.67. The summed E-state index contributed by atoms with van der Waals surface area (Å²) in [6.07, 6.45) is 3.04. The van der Waals surface area contributed by atoms with E-state index in [4.69, 9.17) is 0 Å². The Morgan fingerprint density at radius 3 is 2.76 bits per heavy atom. The van der Waals surface area contributed by atoms with E-state index in [1.807, 2.05) is 38.1 Å². The van der Waals surface area contributed by atoms with E-state index in [1.165, 1.54) is 6.20 Å². The molecule has 0 saturated carbocycles. The molecule has 2 heterocycles. The number of aromatic amines is 1. The number of rotatable bonds is 3. The zero-order valence-corrected chi connectivity index (χ0v) is 11.8. The quantitative estimate of drug-likeness (QED) is 0.770. The molecule has 1 atom stereocenters. The number of para-hydroxylation sites is 2. The van der Waals surface area contributed by atoms with Crippen LogP contribution in [0.15, 0.2) is 36.7 Å². The first kappa shape index (κ1) is 13.2. The number of hydrogen-bond donors (Lipinski definition) is 2. The van der Waals surface area contributed by atoms with Gasteiger partial charge in [0.05, 0.1) is 29.0 Å². The summed E-state index contributed by atoms with van der Waals surface area (Å²) in [4.78, 5) is 27.9. The fourth-order valence-corrected chi connectivity index (χ4v) is 2.03. The number of aromatic nitrogens is 4. The van der Waals surface area contributed by atoms with Gasteiger partial charge in [-0.05, 0) is 26.0 Å². The molecule has 0 aliphatic carbocycles. The fourth-order valence-electron chi connectivity index (χ4n) is 2.03. The van der Waals surface area contributed by atoms with Crippen LogP contribution in [-0.2, 0) is 0 Å². The molecule has 106 valence electrons. The minimum absolute atomic E-state index is 0.243. The second kappa shape index (κ2) is 5.32. The Labute approximate surface area is 121 Å².